The highest BCUT2D eigenvalue weighted by atomic mass is 32.2. The zero-order valence-electron chi connectivity index (χ0n) is 17.8. The number of pyridine rings is 1. The Morgan fingerprint density at radius 3 is 2.50 bits per heavy atom. The molecule has 1 aliphatic rings. The average Bonchev–Trinajstić information content (AvgIpc) is 2.84. The zero-order valence-corrected chi connectivity index (χ0v) is 18.6. The quantitative estimate of drug-likeness (QED) is 0.537. The van der Waals surface area contributed by atoms with Gasteiger partial charge in [0.15, 0.2) is 28.4 Å². The van der Waals surface area contributed by atoms with E-state index in [1.807, 2.05) is 18.2 Å². The van der Waals surface area contributed by atoms with Crippen molar-refractivity contribution in [3.8, 4) is 23.0 Å². The van der Waals surface area contributed by atoms with E-state index in [0.29, 0.717) is 66.4 Å². The minimum Gasteiger partial charge on any atom is -0.493 e. The van der Waals surface area contributed by atoms with Gasteiger partial charge in [0.05, 0.1) is 33.1 Å². The third kappa shape index (κ3) is 4.72. The SMILES string of the molecule is COc1ccc(C(c2cc(N3CCOCC3)nc(-c3ccccn3)n2)S(=O)O)cc1OC. The molecule has 1 aliphatic heterocycles. The highest BCUT2D eigenvalue weighted by molar-refractivity contribution is 7.79. The summed E-state index contributed by atoms with van der Waals surface area (Å²) in [7, 11) is 3.06. The summed E-state index contributed by atoms with van der Waals surface area (Å²) >= 11 is -2.25. The minimum absolute atomic E-state index is 0.389. The van der Waals surface area contributed by atoms with Gasteiger partial charge in [-0.05, 0) is 29.8 Å². The molecule has 0 amide bonds. The first-order valence-corrected chi connectivity index (χ1v) is 11.2. The topological polar surface area (TPSA) is 107 Å². The monoisotopic (exact) mass is 456 g/mol. The first-order chi connectivity index (χ1) is 15.6. The molecule has 3 heterocycles. The van der Waals surface area contributed by atoms with Gasteiger partial charge in [0.1, 0.15) is 16.8 Å². The largest absolute Gasteiger partial charge is 0.493 e. The second-order valence-electron chi connectivity index (χ2n) is 7.06. The second kappa shape index (κ2) is 10.0. The molecule has 1 saturated heterocycles. The Balaban J connectivity index is 1.84. The molecule has 0 bridgehead atoms. The molecule has 0 saturated carbocycles. The number of anilines is 1. The number of benzene rings is 1. The molecule has 2 unspecified atom stereocenters. The van der Waals surface area contributed by atoms with Crippen LogP contribution in [0.3, 0.4) is 0 Å². The van der Waals surface area contributed by atoms with Crippen LogP contribution in [0.4, 0.5) is 5.82 Å². The maximum absolute atomic E-state index is 12.5. The molecule has 10 heteroatoms. The van der Waals surface area contributed by atoms with Gasteiger partial charge in [-0.2, -0.15) is 0 Å². The molecule has 0 spiro atoms. The number of ether oxygens (including phenoxy) is 3. The summed E-state index contributed by atoms with van der Waals surface area (Å²) < 4.78 is 38.9. The first kappa shape index (κ1) is 22.1. The van der Waals surface area contributed by atoms with Crippen LogP contribution in [0.25, 0.3) is 11.5 Å². The number of aromatic nitrogens is 3. The highest BCUT2D eigenvalue weighted by Gasteiger charge is 2.26. The van der Waals surface area contributed by atoms with Crippen LogP contribution >= 0.6 is 0 Å². The molecule has 0 radical (unpaired) electrons. The third-order valence-corrected chi connectivity index (χ3v) is 6.06. The van der Waals surface area contributed by atoms with Gasteiger partial charge < -0.3 is 23.7 Å². The molecule has 2 atom stereocenters. The van der Waals surface area contributed by atoms with Crippen LogP contribution in [0, 0.1) is 0 Å². The Morgan fingerprint density at radius 2 is 1.84 bits per heavy atom. The molecule has 1 N–H and O–H groups in total. The highest BCUT2D eigenvalue weighted by Crippen LogP contribution is 2.35. The van der Waals surface area contributed by atoms with Crippen molar-refractivity contribution in [1.82, 2.24) is 15.0 Å². The number of rotatable bonds is 7. The van der Waals surface area contributed by atoms with E-state index in [0.717, 1.165) is 0 Å². The van der Waals surface area contributed by atoms with Gasteiger partial charge in [-0.3, -0.25) is 4.98 Å². The van der Waals surface area contributed by atoms with Crippen LogP contribution < -0.4 is 14.4 Å². The number of hydrogen-bond acceptors (Lipinski definition) is 8. The molecule has 2 aromatic heterocycles. The number of methoxy groups -OCH3 is 2. The Morgan fingerprint density at radius 1 is 1.06 bits per heavy atom. The van der Waals surface area contributed by atoms with Crippen molar-refractivity contribution in [3.63, 3.8) is 0 Å². The number of nitrogens with zero attached hydrogens (tertiary/aromatic N) is 4. The maximum Gasteiger partial charge on any atom is 0.180 e. The van der Waals surface area contributed by atoms with Gasteiger partial charge in [0.2, 0.25) is 0 Å². The fraction of sp³-hybridized carbons (Fsp3) is 0.318. The zero-order chi connectivity index (χ0) is 22.5. The molecule has 32 heavy (non-hydrogen) atoms. The third-order valence-electron chi connectivity index (χ3n) is 5.14. The smallest absolute Gasteiger partial charge is 0.180 e. The molecule has 168 valence electrons. The second-order valence-corrected chi connectivity index (χ2v) is 8.08. The van der Waals surface area contributed by atoms with Crippen LogP contribution in [0.15, 0.2) is 48.7 Å². The van der Waals surface area contributed by atoms with Crippen molar-refractivity contribution >= 4 is 16.9 Å². The van der Waals surface area contributed by atoms with Crippen molar-refractivity contribution in [2.24, 2.45) is 0 Å². The lowest BCUT2D eigenvalue weighted by Crippen LogP contribution is -2.37. The van der Waals surface area contributed by atoms with E-state index >= 15 is 0 Å². The maximum atomic E-state index is 12.5. The molecule has 1 aromatic carbocycles. The van der Waals surface area contributed by atoms with Crippen molar-refractivity contribution in [3.05, 3.63) is 59.9 Å². The predicted octanol–water partition coefficient (Wildman–Crippen LogP) is 2.70. The lowest BCUT2D eigenvalue weighted by Gasteiger charge is -2.28. The van der Waals surface area contributed by atoms with Gasteiger partial charge in [-0.1, -0.05) is 12.1 Å². The molecule has 9 nitrogen and oxygen atoms in total. The van der Waals surface area contributed by atoms with E-state index in [1.165, 1.54) is 14.2 Å². The Kier molecular flexibility index (Phi) is 6.93. The summed E-state index contributed by atoms with van der Waals surface area (Å²) in [5.41, 5.74) is 1.57. The van der Waals surface area contributed by atoms with Crippen molar-refractivity contribution in [2.45, 2.75) is 5.25 Å². The van der Waals surface area contributed by atoms with Gasteiger partial charge >= 0.3 is 0 Å². The van der Waals surface area contributed by atoms with Gasteiger partial charge in [0, 0.05) is 25.4 Å². The van der Waals surface area contributed by atoms with E-state index in [-0.39, 0.29) is 0 Å². The normalized spacial score (nSPS) is 15.8. The van der Waals surface area contributed by atoms with Gasteiger partial charge in [-0.25, -0.2) is 14.2 Å². The first-order valence-electron chi connectivity index (χ1n) is 10.1. The fourth-order valence-corrected chi connectivity index (χ4v) is 4.26. The molecular formula is C22H24N4O5S. The van der Waals surface area contributed by atoms with Crippen molar-refractivity contribution < 1.29 is 23.0 Å². The number of hydrogen-bond donors (Lipinski definition) is 1. The van der Waals surface area contributed by atoms with Crippen LogP contribution in [-0.4, -0.2) is 64.2 Å². The summed E-state index contributed by atoms with van der Waals surface area (Å²) in [6.07, 6.45) is 1.66. The summed E-state index contributed by atoms with van der Waals surface area (Å²) in [6, 6.07) is 12.4. The van der Waals surface area contributed by atoms with Crippen LogP contribution in [0.2, 0.25) is 0 Å². The predicted molar refractivity (Wildman–Crippen MR) is 120 cm³/mol. The Bertz CT molecular complexity index is 1090. The van der Waals surface area contributed by atoms with Crippen LogP contribution in [-0.2, 0) is 15.8 Å². The van der Waals surface area contributed by atoms with Crippen molar-refractivity contribution in [2.75, 3.05) is 45.4 Å². The van der Waals surface area contributed by atoms with E-state index in [9.17, 15) is 8.76 Å². The lowest BCUT2D eigenvalue weighted by molar-refractivity contribution is 0.122. The molecule has 0 aliphatic carbocycles. The Labute approximate surface area is 188 Å². The average molecular weight is 457 g/mol. The molecular weight excluding hydrogens is 432 g/mol. The summed E-state index contributed by atoms with van der Waals surface area (Å²) in [5, 5.41) is -0.917. The van der Waals surface area contributed by atoms with Crippen LogP contribution in [0.1, 0.15) is 16.5 Å². The fourth-order valence-electron chi connectivity index (χ4n) is 3.56. The van der Waals surface area contributed by atoms with Gasteiger partial charge in [-0.15, -0.1) is 0 Å². The summed E-state index contributed by atoms with van der Waals surface area (Å²) in [4.78, 5) is 15.8. The van der Waals surface area contributed by atoms with Crippen molar-refractivity contribution in [1.29, 1.82) is 0 Å². The van der Waals surface area contributed by atoms with E-state index in [2.05, 4.69) is 14.9 Å². The lowest BCUT2D eigenvalue weighted by atomic mass is 10.1. The van der Waals surface area contributed by atoms with Crippen LogP contribution in [0.5, 0.6) is 11.5 Å². The van der Waals surface area contributed by atoms with E-state index in [1.54, 1.807) is 30.5 Å². The summed E-state index contributed by atoms with van der Waals surface area (Å²) in [5.74, 6) is 2.05. The molecule has 3 aromatic rings. The Hall–Kier alpha value is -3.08. The van der Waals surface area contributed by atoms with E-state index in [4.69, 9.17) is 19.2 Å². The summed E-state index contributed by atoms with van der Waals surface area (Å²) in [6.45, 7) is 2.51. The standard InChI is InChI=1S/C22H24N4O5S/c1-29-18-7-6-15(13-19(18)30-2)21(32(27)28)17-14-20(26-9-11-31-12-10-26)25-22(24-17)16-5-3-4-8-23-16/h3-8,13-14,21H,9-12H2,1-2H3,(H,27,28). The number of morpholine rings is 1. The minimum atomic E-state index is -2.25. The van der Waals surface area contributed by atoms with E-state index < -0.39 is 16.3 Å². The molecule has 1 fully saturated rings. The van der Waals surface area contributed by atoms with Gasteiger partial charge in [0.25, 0.3) is 0 Å². The molecule has 4 rings (SSSR count).